The molecule has 1 aliphatic heterocycles. The molecular formula is C20H19N3O5S. The predicted octanol–water partition coefficient (Wildman–Crippen LogP) is 2.31. The number of sulfonamides is 1. The fraction of sp³-hybridized carbons (Fsp3) is 0.250. The van der Waals surface area contributed by atoms with Gasteiger partial charge in [-0.1, -0.05) is 18.2 Å². The SMILES string of the molecule is CCS(=O)(=O)N1CCc2cc(C(=O)COC(=O)c3n[nH]c4ccccc34)ccc21. The van der Waals surface area contributed by atoms with Gasteiger partial charge in [0.05, 0.1) is 17.0 Å². The Kier molecular flexibility index (Phi) is 4.83. The van der Waals surface area contributed by atoms with E-state index < -0.39 is 22.6 Å². The van der Waals surface area contributed by atoms with Gasteiger partial charge >= 0.3 is 5.97 Å². The first-order valence-electron chi connectivity index (χ1n) is 9.17. The second-order valence-corrected chi connectivity index (χ2v) is 8.87. The predicted molar refractivity (Wildman–Crippen MR) is 108 cm³/mol. The minimum Gasteiger partial charge on any atom is -0.452 e. The van der Waals surface area contributed by atoms with Crippen LogP contribution in [0, 0.1) is 0 Å². The number of H-pyrrole nitrogens is 1. The lowest BCUT2D eigenvalue weighted by atomic mass is 10.1. The van der Waals surface area contributed by atoms with Crippen molar-refractivity contribution in [1.82, 2.24) is 10.2 Å². The van der Waals surface area contributed by atoms with Gasteiger partial charge in [0.15, 0.2) is 18.1 Å². The molecule has 2 heterocycles. The zero-order chi connectivity index (χ0) is 20.6. The summed E-state index contributed by atoms with van der Waals surface area (Å²) in [6.45, 7) is 1.54. The first-order valence-corrected chi connectivity index (χ1v) is 10.8. The molecule has 0 unspecified atom stereocenters. The molecule has 0 spiro atoms. The highest BCUT2D eigenvalue weighted by atomic mass is 32.2. The lowest BCUT2D eigenvalue weighted by Crippen LogP contribution is -2.30. The molecule has 29 heavy (non-hydrogen) atoms. The van der Waals surface area contributed by atoms with Crippen LogP contribution in [0.4, 0.5) is 5.69 Å². The van der Waals surface area contributed by atoms with Crippen LogP contribution in [-0.2, 0) is 21.2 Å². The summed E-state index contributed by atoms with van der Waals surface area (Å²) in [7, 11) is -3.34. The van der Waals surface area contributed by atoms with Crippen LogP contribution in [0.15, 0.2) is 42.5 Å². The Morgan fingerprint density at radius 2 is 2.00 bits per heavy atom. The number of benzene rings is 2. The number of hydrogen-bond acceptors (Lipinski definition) is 6. The number of rotatable bonds is 6. The minimum atomic E-state index is -3.34. The topological polar surface area (TPSA) is 109 Å². The van der Waals surface area contributed by atoms with Crippen LogP contribution in [0.2, 0.25) is 0 Å². The number of fused-ring (bicyclic) bond motifs is 2. The molecule has 150 valence electrons. The Balaban J connectivity index is 1.46. The van der Waals surface area contributed by atoms with Crippen molar-refractivity contribution in [2.45, 2.75) is 13.3 Å². The molecule has 2 aromatic carbocycles. The maximum Gasteiger partial charge on any atom is 0.359 e. The third-order valence-electron chi connectivity index (χ3n) is 4.95. The summed E-state index contributed by atoms with van der Waals surface area (Å²) >= 11 is 0. The molecule has 1 aliphatic rings. The largest absolute Gasteiger partial charge is 0.452 e. The molecule has 4 rings (SSSR count). The van der Waals surface area contributed by atoms with Crippen molar-refractivity contribution in [3.63, 3.8) is 0 Å². The smallest absolute Gasteiger partial charge is 0.359 e. The van der Waals surface area contributed by atoms with Crippen LogP contribution in [0.1, 0.15) is 33.3 Å². The average molecular weight is 413 g/mol. The third kappa shape index (κ3) is 3.49. The molecule has 0 bridgehead atoms. The standard InChI is InChI=1S/C20H19N3O5S/c1-2-29(26,27)23-10-9-13-11-14(7-8-17(13)23)18(24)12-28-20(25)19-15-5-3-4-6-16(15)21-22-19/h3-8,11H,2,9-10,12H2,1H3,(H,21,22). The van der Waals surface area contributed by atoms with Crippen LogP contribution in [0.5, 0.6) is 0 Å². The monoisotopic (exact) mass is 413 g/mol. The molecule has 8 nitrogen and oxygen atoms in total. The summed E-state index contributed by atoms with van der Waals surface area (Å²) in [5.74, 6) is -1.03. The number of ether oxygens (including phenoxy) is 1. The highest BCUT2D eigenvalue weighted by Gasteiger charge is 2.28. The molecule has 0 saturated heterocycles. The van der Waals surface area contributed by atoms with Gasteiger partial charge in [-0.15, -0.1) is 0 Å². The Hall–Kier alpha value is -3.20. The summed E-state index contributed by atoms with van der Waals surface area (Å²) in [5.41, 5.74) is 2.60. The summed E-state index contributed by atoms with van der Waals surface area (Å²) in [6, 6.07) is 12.0. The fourth-order valence-corrected chi connectivity index (χ4v) is 4.55. The van der Waals surface area contributed by atoms with Crippen molar-refractivity contribution in [3.8, 4) is 0 Å². The summed E-state index contributed by atoms with van der Waals surface area (Å²) < 4.78 is 30.8. The van der Waals surface area contributed by atoms with E-state index in [1.807, 2.05) is 6.07 Å². The van der Waals surface area contributed by atoms with Crippen molar-refractivity contribution in [2.75, 3.05) is 23.2 Å². The van der Waals surface area contributed by atoms with E-state index >= 15 is 0 Å². The van der Waals surface area contributed by atoms with E-state index in [0.717, 1.165) is 5.56 Å². The summed E-state index contributed by atoms with van der Waals surface area (Å²) in [6.07, 6.45) is 0.536. The van der Waals surface area contributed by atoms with E-state index in [1.165, 1.54) is 4.31 Å². The first-order chi connectivity index (χ1) is 13.9. The van der Waals surface area contributed by atoms with Crippen LogP contribution < -0.4 is 4.31 Å². The number of para-hydroxylation sites is 1. The van der Waals surface area contributed by atoms with E-state index in [4.69, 9.17) is 4.74 Å². The van der Waals surface area contributed by atoms with E-state index in [1.54, 1.807) is 43.3 Å². The van der Waals surface area contributed by atoms with Gasteiger partial charge in [0.25, 0.3) is 0 Å². The van der Waals surface area contributed by atoms with Crippen LogP contribution >= 0.6 is 0 Å². The number of nitrogens with one attached hydrogen (secondary N) is 1. The van der Waals surface area contributed by atoms with Crippen LogP contribution in [0.25, 0.3) is 10.9 Å². The average Bonchev–Trinajstić information content (AvgIpc) is 3.35. The van der Waals surface area contributed by atoms with E-state index in [2.05, 4.69) is 10.2 Å². The molecule has 0 fully saturated rings. The van der Waals surface area contributed by atoms with Crippen LogP contribution in [-0.4, -0.2) is 49.3 Å². The number of esters is 1. The molecule has 0 amide bonds. The number of carbonyl (C=O) groups is 2. The highest BCUT2D eigenvalue weighted by molar-refractivity contribution is 7.92. The van der Waals surface area contributed by atoms with E-state index in [9.17, 15) is 18.0 Å². The molecule has 0 atom stereocenters. The molecule has 1 aromatic heterocycles. The molecule has 3 aromatic rings. The highest BCUT2D eigenvalue weighted by Crippen LogP contribution is 2.31. The van der Waals surface area contributed by atoms with Crippen LogP contribution in [0.3, 0.4) is 0 Å². The second kappa shape index (κ2) is 7.32. The number of aromatic nitrogens is 2. The van der Waals surface area contributed by atoms with E-state index in [-0.39, 0.29) is 17.2 Å². The lowest BCUT2D eigenvalue weighted by molar-refractivity contribution is 0.0471. The van der Waals surface area contributed by atoms with E-state index in [0.29, 0.717) is 35.1 Å². The van der Waals surface area contributed by atoms with Crippen molar-refractivity contribution < 1.29 is 22.7 Å². The Labute approximate surface area is 167 Å². The van der Waals surface area contributed by atoms with Gasteiger partial charge in [0, 0.05) is 17.5 Å². The first kappa shape index (κ1) is 19.1. The number of nitrogens with zero attached hydrogens (tertiary/aromatic N) is 2. The molecular weight excluding hydrogens is 394 g/mol. The molecule has 0 aliphatic carbocycles. The number of ketones is 1. The van der Waals surface area contributed by atoms with Gasteiger partial charge in [0.1, 0.15) is 0 Å². The summed E-state index contributed by atoms with van der Waals surface area (Å²) in [5, 5.41) is 7.33. The molecule has 0 saturated carbocycles. The number of Topliss-reactive ketones (excluding diaryl/α,β-unsaturated/α-hetero) is 1. The maximum absolute atomic E-state index is 12.5. The number of anilines is 1. The van der Waals surface area contributed by atoms with Gasteiger partial charge in [-0.05, 0) is 43.2 Å². The van der Waals surface area contributed by atoms with Gasteiger partial charge < -0.3 is 4.74 Å². The van der Waals surface area contributed by atoms with Crippen molar-refractivity contribution in [3.05, 3.63) is 59.3 Å². The fourth-order valence-electron chi connectivity index (χ4n) is 3.39. The number of hydrogen-bond donors (Lipinski definition) is 1. The van der Waals surface area contributed by atoms with Gasteiger partial charge in [-0.2, -0.15) is 5.10 Å². The summed E-state index contributed by atoms with van der Waals surface area (Å²) in [4.78, 5) is 24.8. The Morgan fingerprint density at radius 1 is 1.21 bits per heavy atom. The second-order valence-electron chi connectivity index (χ2n) is 6.68. The molecule has 0 radical (unpaired) electrons. The zero-order valence-electron chi connectivity index (χ0n) is 15.7. The number of aromatic amines is 1. The zero-order valence-corrected chi connectivity index (χ0v) is 16.5. The molecule has 9 heteroatoms. The van der Waals surface area contributed by atoms with Crippen molar-refractivity contribution in [1.29, 1.82) is 0 Å². The minimum absolute atomic E-state index is 0.0188. The quantitative estimate of drug-likeness (QED) is 0.491. The normalized spacial score (nSPS) is 13.5. The van der Waals surface area contributed by atoms with Gasteiger partial charge in [-0.3, -0.25) is 14.2 Å². The Morgan fingerprint density at radius 3 is 2.79 bits per heavy atom. The van der Waals surface area contributed by atoms with Gasteiger partial charge in [0.2, 0.25) is 10.0 Å². The third-order valence-corrected chi connectivity index (χ3v) is 6.73. The van der Waals surface area contributed by atoms with Crippen molar-refractivity contribution >= 4 is 38.4 Å². The van der Waals surface area contributed by atoms with Gasteiger partial charge in [-0.25, -0.2) is 13.2 Å². The number of carbonyl (C=O) groups excluding carboxylic acids is 2. The molecule has 1 N–H and O–H groups in total. The lowest BCUT2D eigenvalue weighted by Gasteiger charge is -2.18. The van der Waals surface area contributed by atoms with Crippen molar-refractivity contribution in [2.24, 2.45) is 0 Å². The maximum atomic E-state index is 12.5. The Bertz CT molecular complexity index is 1220.